The topological polar surface area (TPSA) is 81.2 Å². The summed E-state index contributed by atoms with van der Waals surface area (Å²) in [7, 11) is 3.58. The maximum absolute atomic E-state index is 13.0. The summed E-state index contributed by atoms with van der Waals surface area (Å²) in [6.07, 6.45) is 3.59. The predicted octanol–water partition coefficient (Wildman–Crippen LogP) is 3.33. The minimum atomic E-state index is -0.401. The molecule has 4 aromatic rings. The van der Waals surface area contributed by atoms with Crippen molar-refractivity contribution >= 4 is 33.3 Å². The summed E-state index contributed by atoms with van der Waals surface area (Å²) in [5.74, 6) is -0.397. The van der Waals surface area contributed by atoms with Gasteiger partial charge in [0.25, 0.3) is 5.91 Å². The van der Waals surface area contributed by atoms with E-state index in [2.05, 4.69) is 5.10 Å². The third-order valence-corrected chi connectivity index (χ3v) is 6.47. The van der Waals surface area contributed by atoms with Crippen LogP contribution in [0.25, 0.3) is 22.2 Å². The van der Waals surface area contributed by atoms with Gasteiger partial charge in [-0.2, -0.15) is 5.10 Å². The molecule has 1 amide bonds. The molecule has 0 fully saturated rings. The third kappa shape index (κ3) is 2.79. The molecule has 146 valence electrons. The second-order valence-electron chi connectivity index (χ2n) is 7.24. The van der Waals surface area contributed by atoms with Gasteiger partial charge in [0.2, 0.25) is 0 Å². The highest BCUT2D eigenvalue weighted by atomic mass is 32.1. The Balaban J connectivity index is 1.52. The third-order valence-electron chi connectivity index (χ3n) is 5.28. The van der Waals surface area contributed by atoms with E-state index >= 15 is 0 Å². The molecule has 0 bridgehead atoms. The largest absolute Gasteiger partial charge is 0.451 e. The van der Waals surface area contributed by atoms with Gasteiger partial charge in [-0.1, -0.05) is 11.6 Å². The van der Waals surface area contributed by atoms with Crippen LogP contribution in [0.1, 0.15) is 26.7 Å². The summed E-state index contributed by atoms with van der Waals surface area (Å²) in [4.78, 5) is 32.8. The Labute approximate surface area is 170 Å². The Morgan fingerprint density at radius 2 is 2.10 bits per heavy atom. The van der Waals surface area contributed by atoms with E-state index < -0.39 is 5.91 Å². The summed E-state index contributed by atoms with van der Waals surface area (Å²) in [6.45, 7) is 1.91. The number of carbonyl (C=O) groups is 1. The van der Waals surface area contributed by atoms with Crippen molar-refractivity contribution in [3.05, 3.63) is 62.6 Å². The molecule has 1 aliphatic rings. The molecule has 0 unspecified atom stereocenters. The van der Waals surface area contributed by atoms with Gasteiger partial charge in [-0.3, -0.25) is 19.2 Å². The highest BCUT2D eigenvalue weighted by Gasteiger charge is 2.27. The van der Waals surface area contributed by atoms with E-state index in [1.54, 1.807) is 19.2 Å². The normalized spacial score (nSPS) is 12.7. The average molecular weight is 406 g/mol. The summed E-state index contributed by atoms with van der Waals surface area (Å²) in [5.41, 5.74) is 4.19. The second-order valence-corrected chi connectivity index (χ2v) is 8.30. The lowest BCUT2D eigenvalue weighted by atomic mass is 10.0. The van der Waals surface area contributed by atoms with E-state index in [4.69, 9.17) is 9.40 Å². The van der Waals surface area contributed by atoms with Crippen LogP contribution in [0.5, 0.6) is 0 Å². The maximum atomic E-state index is 13.0. The van der Waals surface area contributed by atoms with Crippen LogP contribution in [0.2, 0.25) is 0 Å². The molecule has 0 aliphatic heterocycles. The number of hydrogen-bond donors (Lipinski definition) is 0. The van der Waals surface area contributed by atoms with Crippen LogP contribution in [0.4, 0.5) is 5.13 Å². The number of benzene rings is 1. The van der Waals surface area contributed by atoms with Gasteiger partial charge in [-0.25, -0.2) is 4.98 Å². The molecule has 8 heteroatoms. The fraction of sp³-hybridized carbons (Fsp3) is 0.238. The number of carbonyl (C=O) groups excluding carboxylic acids is 1. The van der Waals surface area contributed by atoms with Gasteiger partial charge >= 0.3 is 0 Å². The molecule has 0 saturated heterocycles. The number of anilines is 1. The molecule has 0 N–H and O–H groups in total. The van der Waals surface area contributed by atoms with E-state index in [9.17, 15) is 9.59 Å². The van der Waals surface area contributed by atoms with Crippen molar-refractivity contribution in [2.24, 2.45) is 7.05 Å². The number of nitrogens with zero attached hydrogens (tertiary/aromatic N) is 4. The maximum Gasteiger partial charge on any atom is 0.295 e. The zero-order valence-corrected chi connectivity index (χ0v) is 17.0. The van der Waals surface area contributed by atoms with Crippen LogP contribution in [0.15, 0.2) is 39.7 Å². The van der Waals surface area contributed by atoms with E-state index in [-0.39, 0.29) is 11.2 Å². The Hall–Kier alpha value is -3.26. The predicted molar refractivity (Wildman–Crippen MR) is 112 cm³/mol. The quantitative estimate of drug-likeness (QED) is 0.510. The van der Waals surface area contributed by atoms with Crippen LogP contribution in [0, 0.1) is 6.92 Å². The molecule has 5 rings (SSSR count). The van der Waals surface area contributed by atoms with E-state index in [0.29, 0.717) is 16.1 Å². The molecule has 3 heterocycles. The zero-order valence-electron chi connectivity index (χ0n) is 16.2. The fourth-order valence-electron chi connectivity index (χ4n) is 3.68. The number of amides is 1. The highest BCUT2D eigenvalue weighted by Crippen LogP contribution is 2.39. The van der Waals surface area contributed by atoms with Gasteiger partial charge < -0.3 is 4.42 Å². The number of aromatic nitrogens is 3. The van der Waals surface area contributed by atoms with Crippen molar-refractivity contribution in [3.8, 4) is 11.3 Å². The van der Waals surface area contributed by atoms with Gasteiger partial charge in [0.05, 0.1) is 17.3 Å². The minimum Gasteiger partial charge on any atom is -0.451 e. The van der Waals surface area contributed by atoms with Crippen LogP contribution in [-0.2, 0) is 19.9 Å². The molecule has 1 aliphatic carbocycles. The van der Waals surface area contributed by atoms with Crippen molar-refractivity contribution in [1.29, 1.82) is 0 Å². The van der Waals surface area contributed by atoms with Crippen molar-refractivity contribution in [2.45, 2.75) is 19.8 Å². The number of hydrogen-bond acceptors (Lipinski definition) is 6. The van der Waals surface area contributed by atoms with Crippen molar-refractivity contribution in [2.75, 3.05) is 11.9 Å². The van der Waals surface area contributed by atoms with Crippen LogP contribution >= 0.6 is 11.3 Å². The lowest BCUT2D eigenvalue weighted by molar-refractivity contribution is 0.0967. The van der Waals surface area contributed by atoms with Crippen LogP contribution < -0.4 is 10.3 Å². The number of rotatable bonds is 2. The van der Waals surface area contributed by atoms with Crippen LogP contribution in [0.3, 0.4) is 0 Å². The standard InChI is InChI=1S/C21H18N4O3S/c1-11-4-6-16-12(8-11)15(26)9-17(28-16)20(27)24(2)21-23-19-13-10-22-25(3)14(13)5-7-18(19)29-21/h4,6,8-10H,5,7H2,1-3H3. The molecule has 0 spiro atoms. The Bertz CT molecular complexity index is 1350. The lowest BCUT2D eigenvalue weighted by Crippen LogP contribution is -2.27. The highest BCUT2D eigenvalue weighted by molar-refractivity contribution is 7.16. The van der Waals surface area contributed by atoms with E-state index in [1.165, 1.54) is 22.3 Å². The molecule has 0 atom stereocenters. The van der Waals surface area contributed by atoms with Crippen LogP contribution in [-0.4, -0.2) is 27.7 Å². The molecule has 0 saturated carbocycles. The molecule has 3 aromatic heterocycles. The number of thiazole rings is 1. The van der Waals surface area contributed by atoms with Crippen molar-refractivity contribution in [3.63, 3.8) is 0 Å². The molecular weight excluding hydrogens is 388 g/mol. The Kier molecular flexibility index (Phi) is 3.92. The van der Waals surface area contributed by atoms with Gasteiger partial charge in [-0.15, -0.1) is 11.3 Å². The first-order chi connectivity index (χ1) is 13.9. The first kappa shape index (κ1) is 17.8. The zero-order chi connectivity index (χ0) is 20.3. The molecule has 0 radical (unpaired) electrons. The van der Waals surface area contributed by atoms with E-state index in [0.717, 1.165) is 40.2 Å². The van der Waals surface area contributed by atoms with Gasteiger partial charge in [0, 0.05) is 36.3 Å². The first-order valence-electron chi connectivity index (χ1n) is 9.26. The summed E-state index contributed by atoms with van der Waals surface area (Å²) in [6, 6.07) is 6.59. The van der Waals surface area contributed by atoms with Gasteiger partial charge in [0.1, 0.15) is 5.58 Å². The number of aryl methyl sites for hydroxylation is 3. The Morgan fingerprint density at radius 3 is 2.93 bits per heavy atom. The monoisotopic (exact) mass is 406 g/mol. The summed E-state index contributed by atoms with van der Waals surface area (Å²) in [5, 5.41) is 5.37. The average Bonchev–Trinajstić information content (AvgIpc) is 3.31. The van der Waals surface area contributed by atoms with Gasteiger partial charge in [-0.05, 0) is 31.9 Å². The fourth-order valence-corrected chi connectivity index (χ4v) is 4.71. The SMILES string of the molecule is Cc1ccc2oc(C(=O)N(C)c3nc4c(s3)CCc3c-4cnn3C)cc(=O)c2c1. The first-order valence-corrected chi connectivity index (χ1v) is 10.1. The summed E-state index contributed by atoms with van der Waals surface area (Å²) < 4.78 is 7.61. The van der Waals surface area contributed by atoms with Crippen molar-refractivity contribution < 1.29 is 9.21 Å². The second kappa shape index (κ2) is 6.38. The van der Waals surface area contributed by atoms with Crippen molar-refractivity contribution in [1.82, 2.24) is 14.8 Å². The van der Waals surface area contributed by atoms with Gasteiger partial charge in [0.15, 0.2) is 16.3 Å². The summed E-state index contributed by atoms with van der Waals surface area (Å²) >= 11 is 1.49. The lowest BCUT2D eigenvalue weighted by Gasteiger charge is -2.13. The van der Waals surface area contributed by atoms with E-state index in [1.807, 2.05) is 30.9 Å². The smallest absolute Gasteiger partial charge is 0.295 e. The Morgan fingerprint density at radius 1 is 1.28 bits per heavy atom. The minimum absolute atomic E-state index is 0.00379. The number of fused-ring (bicyclic) bond motifs is 4. The molecule has 1 aromatic carbocycles. The molecular formula is C21H18N4O3S. The molecule has 7 nitrogen and oxygen atoms in total. The molecule has 29 heavy (non-hydrogen) atoms.